The van der Waals surface area contributed by atoms with Gasteiger partial charge < -0.3 is 10.1 Å². The number of ether oxygens (including phenoxy) is 1. The van der Waals surface area contributed by atoms with Gasteiger partial charge in [-0.3, -0.25) is 4.98 Å². The van der Waals surface area contributed by atoms with Crippen LogP contribution in [0.2, 0.25) is 0 Å². The van der Waals surface area contributed by atoms with Crippen LogP contribution < -0.4 is 10.1 Å². The molecule has 0 amide bonds. The van der Waals surface area contributed by atoms with Gasteiger partial charge in [0.15, 0.2) is 0 Å². The van der Waals surface area contributed by atoms with Crippen LogP contribution in [-0.4, -0.2) is 25.2 Å². The third kappa shape index (κ3) is 3.72. The number of methoxy groups -OCH3 is 1. The van der Waals surface area contributed by atoms with Crippen LogP contribution in [0.1, 0.15) is 51.0 Å². The second-order valence-electron chi connectivity index (χ2n) is 5.92. The lowest BCUT2D eigenvalue weighted by Crippen LogP contribution is -2.32. The van der Waals surface area contributed by atoms with E-state index in [0.717, 1.165) is 30.7 Å². The molecule has 0 aromatic carbocycles. The fraction of sp³-hybridized carbons (Fsp3) is 0.706. The molecule has 3 unspecified atom stereocenters. The molecule has 1 aromatic heterocycles. The van der Waals surface area contributed by atoms with E-state index in [1.54, 1.807) is 13.3 Å². The Bertz CT molecular complexity index is 408. The van der Waals surface area contributed by atoms with Gasteiger partial charge in [-0.15, -0.1) is 0 Å². The average molecular weight is 276 g/mol. The van der Waals surface area contributed by atoms with E-state index in [1.807, 2.05) is 6.20 Å². The minimum absolute atomic E-state index is 0.621. The first kappa shape index (κ1) is 15.3. The van der Waals surface area contributed by atoms with Crippen LogP contribution in [-0.2, 0) is 0 Å². The maximum absolute atomic E-state index is 5.34. The predicted octanol–water partition coefficient (Wildman–Crippen LogP) is 3.61. The fourth-order valence-corrected chi connectivity index (χ4v) is 3.42. The lowest BCUT2D eigenvalue weighted by Gasteiger charge is -2.36. The van der Waals surface area contributed by atoms with Crippen molar-refractivity contribution in [2.45, 2.75) is 45.4 Å². The van der Waals surface area contributed by atoms with Crippen LogP contribution in [0.3, 0.4) is 0 Å². The number of aromatic nitrogens is 1. The second kappa shape index (κ2) is 7.63. The molecule has 1 heterocycles. The molecule has 1 aromatic rings. The molecule has 1 fully saturated rings. The number of pyridine rings is 1. The van der Waals surface area contributed by atoms with E-state index in [2.05, 4.69) is 30.2 Å². The largest absolute Gasteiger partial charge is 0.495 e. The quantitative estimate of drug-likeness (QED) is 0.862. The first-order valence-electron chi connectivity index (χ1n) is 7.98. The molecule has 2 rings (SSSR count). The maximum Gasteiger partial charge on any atom is 0.137 e. The molecule has 3 atom stereocenters. The van der Waals surface area contributed by atoms with Crippen molar-refractivity contribution in [2.24, 2.45) is 11.8 Å². The van der Waals surface area contributed by atoms with Gasteiger partial charge in [0.05, 0.1) is 13.3 Å². The van der Waals surface area contributed by atoms with Gasteiger partial charge in [-0.05, 0) is 55.3 Å². The van der Waals surface area contributed by atoms with Gasteiger partial charge in [0.1, 0.15) is 5.75 Å². The number of nitrogens with one attached hydrogen (secondary N) is 1. The molecular weight excluding hydrogens is 248 g/mol. The Morgan fingerprint density at radius 2 is 2.15 bits per heavy atom. The van der Waals surface area contributed by atoms with E-state index in [-0.39, 0.29) is 0 Å². The van der Waals surface area contributed by atoms with Crippen LogP contribution in [0.4, 0.5) is 0 Å². The Morgan fingerprint density at radius 3 is 2.85 bits per heavy atom. The van der Waals surface area contributed by atoms with Gasteiger partial charge in [0.25, 0.3) is 0 Å². The minimum atomic E-state index is 0.621. The molecule has 0 radical (unpaired) electrons. The molecule has 0 bridgehead atoms. The number of hydrogen-bond acceptors (Lipinski definition) is 3. The zero-order valence-electron chi connectivity index (χ0n) is 13.1. The highest BCUT2D eigenvalue weighted by atomic mass is 16.5. The van der Waals surface area contributed by atoms with Crippen molar-refractivity contribution in [1.29, 1.82) is 0 Å². The number of hydrogen-bond donors (Lipinski definition) is 1. The number of rotatable bonds is 6. The molecule has 112 valence electrons. The summed E-state index contributed by atoms with van der Waals surface area (Å²) in [5.41, 5.74) is 1.35. The standard InChI is InChI=1S/C17H28N2O/c1-4-13-6-7-14(10-18-5-2)17(8-13)15-9-16(20-3)12-19-11-15/h9,11-14,17-18H,4-8,10H2,1-3H3. The summed E-state index contributed by atoms with van der Waals surface area (Å²) in [4.78, 5) is 4.35. The topological polar surface area (TPSA) is 34.2 Å². The van der Waals surface area contributed by atoms with Gasteiger partial charge in [-0.1, -0.05) is 26.7 Å². The maximum atomic E-state index is 5.34. The van der Waals surface area contributed by atoms with E-state index < -0.39 is 0 Å². The Kier molecular flexibility index (Phi) is 5.84. The van der Waals surface area contributed by atoms with Crippen LogP contribution in [0, 0.1) is 11.8 Å². The van der Waals surface area contributed by atoms with E-state index in [9.17, 15) is 0 Å². The van der Waals surface area contributed by atoms with E-state index in [4.69, 9.17) is 4.74 Å². The van der Waals surface area contributed by atoms with Gasteiger partial charge in [0, 0.05) is 6.20 Å². The van der Waals surface area contributed by atoms with Gasteiger partial charge in [-0.2, -0.15) is 0 Å². The van der Waals surface area contributed by atoms with Crippen LogP contribution in [0.15, 0.2) is 18.5 Å². The molecule has 3 nitrogen and oxygen atoms in total. The van der Waals surface area contributed by atoms with Crippen molar-refractivity contribution < 1.29 is 4.74 Å². The lowest BCUT2D eigenvalue weighted by atomic mass is 9.70. The molecule has 0 aliphatic heterocycles. The Hall–Kier alpha value is -1.09. The van der Waals surface area contributed by atoms with Crippen molar-refractivity contribution in [3.05, 3.63) is 24.0 Å². The summed E-state index contributed by atoms with van der Waals surface area (Å²) in [7, 11) is 1.71. The fourth-order valence-electron chi connectivity index (χ4n) is 3.42. The monoisotopic (exact) mass is 276 g/mol. The third-order valence-corrected chi connectivity index (χ3v) is 4.73. The molecule has 3 heteroatoms. The highest BCUT2D eigenvalue weighted by molar-refractivity contribution is 5.27. The van der Waals surface area contributed by atoms with Crippen LogP contribution in [0.25, 0.3) is 0 Å². The van der Waals surface area contributed by atoms with Crippen LogP contribution >= 0.6 is 0 Å². The van der Waals surface area contributed by atoms with Crippen LogP contribution in [0.5, 0.6) is 5.75 Å². The Morgan fingerprint density at radius 1 is 1.30 bits per heavy atom. The minimum Gasteiger partial charge on any atom is -0.495 e. The highest BCUT2D eigenvalue weighted by Crippen LogP contribution is 2.41. The zero-order valence-corrected chi connectivity index (χ0v) is 13.1. The SMILES string of the molecule is CCNCC1CCC(CC)CC1c1cncc(OC)c1. The van der Waals surface area contributed by atoms with E-state index in [1.165, 1.54) is 31.2 Å². The van der Waals surface area contributed by atoms with Crippen molar-refractivity contribution in [2.75, 3.05) is 20.2 Å². The predicted molar refractivity (Wildman–Crippen MR) is 83.2 cm³/mol. The summed E-state index contributed by atoms with van der Waals surface area (Å²) in [6.45, 7) is 6.67. The van der Waals surface area contributed by atoms with E-state index >= 15 is 0 Å². The normalized spacial score (nSPS) is 26.4. The molecule has 0 spiro atoms. The van der Waals surface area contributed by atoms with E-state index in [0.29, 0.717) is 5.92 Å². The van der Waals surface area contributed by atoms with Crippen molar-refractivity contribution in [3.8, 4) is 5.75 Å². The number of nitrogens with zero attached hydrogens (tertiary/aromatic N) is 1. The summed E-state index contributed by atoms with van der Waals surface area (Å²) in [5.74, 6) is 3.09. The van der Waals surface area contributed by atoms with Gasteiger partial charge in [-0.25, -0.2) is 0 Å². The summed E-state index contributed by atoms with van der Waals surface area (Å²) in [6, 6.07) is 2.18. The molecule has 0 saturated heterocycles. The van der Waals surface area contributed by atoms with Crippen molar-refractivity contribution in [1.82, 2.24) is 10.3 Å². The summed E-state index contributed by atoms with van der Waals surface area (Å²) < 4.78 is 5.34. The second-order valence-corrected chi connectivity index (χ2v) is 5.92. The van der Waals surface area contributed by atoms with Crippen molar-refractivity contribution >= 4 is 0 Å². The molecular formula is C17H28N2O. The molecule has 1 aliphatic rings. The first-order chi connectivity index (χ1) is 9.78. The highest BCUT2D eigenvalue weighted by Gasteiger charge is 2.30. The summed E-state index contributed by atoms with van der Waals surface area (Å²) in [6.07, 6.45) is 9.12. The smallest absolute Gasteiger partial charge is 0.137 e. The zero-order chi connectivity index (χ0) is 14.4. The Labute approximate surface area is 123 Å². The molecule has 20 heavy (non-hydrogen) atoms. The van der Waals surface area contributed by atoms with Gasteiger partial charge in [0.2, 0.25) is 0 Å². The first-order valence-corrected chi connectivity index (χ1v) is 7.98. The third-order valence-electron chi connectivity index (χ3n) is 4.73. The average Bonchev–Trinajstić information content (AvgIpc) is 2.52. The summed E-state index contributed by atoms with van der Waals surface area (Å²) in [5, 5.41) is 3.53. The Balaban J connectivity index is 2.16. The molecule has 1 aliphatic carbocycles. The molecule has 1 N–H and O–H groups in total. The molecule has 1 saturated carbocycles. The lowest BCUT2D eigenvalue weighted by molar-refractivity contribution is 0.226. The van der Waals surface area contributed by atoms with Gasteiger partial charge >= 0.3 is 0 Å². The summed E-state index contributed by atoms with van der Waals surface area (Å²) >= 11 is 0. The van der Waals surface area contributed by atoms with Crippen molar-refractivity contribution in [3.63, 3.8) is 0 Å².